The molecule has 0 spiro atoms. The van der Waals surface area contributed by atoms with Crippen LogP contribution < -0.4 is 0 Å². The van der Waals surface area contributed by atoms with Gasteiger partial charge in [0.05, 0.1) is 0 Å². The van der Waals surface area contributed by atoms with E-state index in [1.807, 2.05) is 6.08 Å². The molecule has 0 saturated carbocycles. The van der Waals surface area contributed by atoms with Crippen molar-refractivity contribution in [1.29, 1.82) is 0 Å². The van der Waals surface area contributed by atoms with Crippen LogP contribution in [0.15, 0.2) is 58.0 Å². The molecule has 0 aliphatic rings. The second-order valence-corrected chi connectivity index (χ2v) is 6.38. The summed E-state index contributed by atoms with van der Waals surface area (Å²) < 4.78 is 4.59. The molecule has 0 radical (unpaired) electrons. The number of nitrogens with zero attached hydrogens (tertiary/aromatic N) is 1. The fourth-order valence-electron chi connectivity index (χ4n) is 2.51. The first kappa shape index (κ1) is 12.9. The molecule has 0 saturated heterocycles. The zero-order valence-electron chi connectivity index (χ0n) is 10.4. The van der Waals surface area contributed by atoms with Gasteiger partial charge in [-0.25, -0.2) is 0 Å². The first-order valence-corrected chi connectivity index (χ1v) is 7.77. The van der Waals surface area contributed by atoms with Gasteiger partial charge in [0.2, 0.25) is 0 Å². The number of aromatic nitrogens is 1. The highest BCUT2D eigenvalue weighted by Gasteiger charge is 2.10. The van der Waals surface area contributed by atoms with Crippen LogP contribution in [0.3, 0.4) is 0 Å². The van der Waals surface area contributed by atoms with E-state index in [-0.39, 0.29) is 0 Å². The predicted molar refractivity (Wildman–Crippen MR) is 89.7 cm³/mol. The molecule has 96 valence electrons. The van der Waals surface area contributed by atoms with Gasteiger partial charge in [0.25, 0.3) is 0 Å². The first-order valence-electron chi connectivity index (χ1n) is 6.18. The molecule has 0 atom stereocenters. The van der Waals surface area contributed by atoms with E-state index in [9.17, 15) is 0 Å². The summed E-state index contributed by atoms with van der Waals surface area (Å²) in [5.41, 5.74) is 2.55. The van der Waals surface area contributed by atoms with Gasteiger partial charge in [0, 0.05) is 37.3 Å². The summed E-state index contributed by atoms with van der Waals surface area (Å²) in [6.07, 6.45) is 2.94. The third-order valence-corrected chi connectivity index (χ3v) is 4.33. The molecule has 1 heterocycles. The maximum absolute atomic E-state index is 3.82. The Kier molecular flexibility index (Phi) is 3.50. The SMILES string of the molecule is C=CCCn1c2ccc(Br)cc2c2cc(Br)ccc21. The number of halogens is 2. The fourth-order valence-corrected chi connectivity index (χ4v) is 3.23. The highest BCUT2D eigenvalue weighted by molar-refractivity contribution is 9.10. The summed E-state index contributed by atoms with van der Waals surface area (Å²) in [5.74, 6) is 0. The molecule has 0 aliphatic carbocycles. The summed E-state index contributed by atoms with van der Waals surface area (Å²) in [6.45, 7) is 4.79. The van der Waals surface area contributed by atoms with E-state index < -0.39 is 0 Å². The Morgan fingerprint density at radius 2 is 1.47 bits per heavy atom. The highest BCUT2D eigenvalue weighted by atomic mass is 79.9. The van der Waals surface area contributed by atoms with Crippen LogP contribution in [0.2, 0.25) is 0 Å². The third kappa shape index (κ3) is 2.26. The van der Waals surface area contributed by atoms with Crippen LogP contribution in [0, 0.1) is 0 Å². The van der Waals surface area contributed by atoms with Crippen molar-refractivity contribution in [2.75, 3.05) is 0 Å². The molecule has 1 aromatic heterocycles. The minimum Gasteiger partial charge on any atom is -0.340 e. The Bertz CT molecular complexity index is 712. The predicted octanol–water partition coefficient (Wildman–Crippen LogP) is 5.90. The number of benzene rings is 2. The Morgan fingerprint density at radius 3 is 1.95 bits per heavy atom. The van der Waals surface area contributed by atoms with E-state index >= 15 is 0 Å². The van der Waals surface area contributed by atoms with Crippen LogP contribution in [-0.4, -0.2) is 4.57 Å². The van der Waals surface area contributed by atoms with E-state index in [1.165, 1.54) is 21.8 Å². The van der Waals surface area contributed by atoms with Crippen LogP contribution in [0.5, 0.6) is 0 Å². The molecule has 3 aromatic rings. The van der Waals surface area contributed by atoms with Gasteiger partial charge in [0.1, 0.15) is 0 Å². The van der Waals surface area contributed by atoms with Gasteiger partial charge in [-0.1, -0.05) is 37.9 Å². The van der Waals surface area contributed by atoms with Crippen molar-refractivity contribution < 1.29 is 0 Å². The molecular formula is C16H13Br2N. The van der Waals surface area contributed by atoms with Gasteiger partial charge in [-0.3, -0.25) is 0 Å². The van der Waals surface area contributed by atoms with Crippen molar-refractivity contribution in [2.45, 2.75) is 13.0 Å². The van der Waals surface area contributed by atoms with Crippen LogP contribution in [0.1, 0.15) is 6.42 Å². The Labute approximate surface area is 129 Å². The van der Waals surface area contributed by atoms with Gasteiger partial charge in [0.15, 0.2) is 0 Å². The zero-order valence-corrected chi connectivity index (χ0v) is 13.5. The number of allylic oxidation sites excluding steroid dienone is 1. The molecule has 0 fully saturated rings. The van der Waals surface area contributed by atoms with Gasteiger partial charge in [-0.15, -0.1) is 6.58 Å². The molecule has 0 N–H and O–H groups in total. The lowest BCUT2D eigenvalue weighted by molar-refractivity contribution is 0.763. The minimum absolute atomic E-state index is 0.965. The Morgan fingerprint density at radius 1 is 0.947 bits per heavy atom. The molecule has 0 unspecified atom stereocenters. The standard InChI is InChI=1S/C16H13Br2N/c1-2-3-8-19-15-6-4-11(17)9-13(15)14-10-12(18)5-7-16(14)19/h2,4-7,9-10H,1,3,8H2. The molecule has 0 aliphatic heterocycles. The molecular weight excluding hydrogens is 366 g/mol. The van der Waals surface area contributed by atoms with Gasteiger partial charge in [-0.2, -0.15) is 0 Å². The monoisotopic (exact) mass is 377 g/mol. The molecule has 0 amide bonds. The van der Waals surface area contributed by atoms with E-state index in [0.29, 0.717) is 0 Å². The van der Waals surface area contributed by atoms with Crippen molar-refractivity contribution >= 4 is 53.7 Å². The third-order valence-electron chi connectivity index (χ3n) is 3.35. The van der Waals surface area contributed by atoms with Crippen LogP contribution in [-0.2, 0) is 6.54 Å². The quantitative estimate of drug-likeness (QED) is 0.500. The average molecular weight is 379 g/mol. The molecule has 1 nitrogen and oxygen atoms in total. The highest BCUT2D eigenvalue weighted by Crippen LogP contribution is 2.33. The topological polar surface area (TPSA) is 4.93 Å². The minimum atomic E-state index is 0.965. The Hall–Kier alpha value is -1.06. The van der Waals surface area contributed by atoms with Crippen molar-refractivity contribution in [3.8, 4) is 0 Å². The molecule has 3 rings (SSSR count). The van der Waals surface area contributed by atoms with Gasteiger partial charge >= 0.3 is 0 Å². The van der Waals surface area contributed by atoms with Crippen molar-refractivity contribution in [3.05, 3.63) is 58.0 Å². The number of aryl methyl sites for hydroxylation is 1. The summed E-state index contributed by atoms with van der Waals surface area (Å²) in [6, 6.07) is 12.9. The number of hydrogen-bond acceptors (Lipinski definition) is 0. The second-order valence-electron chi connectivity index (χ2n) is 4.55. The van der Waals surface area contributed by atoms with E-state index in [0.717, 1.165) is 21.9 Å². The van der Waals surface area contributed by atoms with Crippen LogP contribution >= 0.6 is 31.9 Å². The molecule has 19 heavy (non-hydrogen) atoms. The van der Waals surface area contributed by atoms with Gasteiger partial charge in [-0.05, 0) is 42.8 Å². The van der Waals surface area contributed by atoms with E-state index in [4.69, 9.17) is 0 Å². The van der Waals surface area contributed by atoms with Crippen molar-refractivity contribution in [3.63, 3.8) is 0 Å². The average Bonchev–Trinajstić information content (AvgIpc) is 2.69. The van der Waals surface area contributed by atoms with E-state index in [1.54, 1.807) is 0 Å². The smallest absolute Gasteiger partial charge is 0.0492 e. The molecule has 3 heteroatoms. The van der Waals surface area contributed by atoms with Crippen LogP contribution in [0.25, 0.3) is 21.8 Å². The van der Waals surface area contributed by atoms with E-state index in [2.05, 4.69) is 79.4 Å². The maximum Gasteiger partial charge on any atom is 0.0492 e. The summed E-state index contributed by atoms with van der Waals surface area (Å²) in [5, 5.41) is 2.57. The summed E-state index contributed by atoms with van der Waals surface area (Å²) in [4.78, 5) is 0. The lowest BCUT2D eigenvalue weighted by atomic mass is 10.2. The number of fused-ring (bicyclic) bond motifs is 3. The summed E-state index contributed by atoms with van der Waals surface area (Å²) >= 11 is 7.12. The normalized spacial score (nSPS) is 11.3. The first-order chi connectivity index (χ1) is 9.20. The second kappa shape index (κ2) is 5.14. The summed E-state index contributed by atoms with van der Waals surface area (Å²) in [7, 11) is 0. The maximum atomic E-state index is 3.82. The largest absolute Gasteiger partial charge is 0.340 e. The fraction of sp³-hybridized carbons (Fsp3) is 0.125. The zero-order chi connectivity index (χ0) is 13.4. The number of rotatable bonds is 3. The lowest BCUT2D eigenvalue weighted by Gasteiger charge is -2.05. The van der Waals surface area contributed by atoms with Crippen LogP contribution in [0.4, 0.5) is 0 Å². The van der Waals surface area contributed by atoms with Crippen molar-refractivity contribution in [1.82, 2.24) is 4.57 Å². The molecule has 0 bridgehead atoms. The lowest BCUT2D eigenvalue weighted by Crippen LogP contribution is -1.95. The Balaban J connectivity index is 2.39. The number of hydrogen-bond donors (Lipinski definition) is 0. The molecule has 2 aromatic carbocycles. The van der Waals surface area contributed by atoms with Gasteiger partial charge < -0.3 is 4.57 Å². The van der Waals surface area contributed by atoms with Crippen molar-refractivity contribution in [2.24, 2.45) is 0 Å².